The first kappa shape index (κ1) is 12.0. The number of anilines is 1. The van der Waals surface area contributed by atoms with Gasteiger partial charge >= 0.3 is 0 Å². The number of carbonyl (C=O) groups excluding carboxylic acids is 1. The number of rotatable bonds is 2. The van der Waals surface area contributed by atoms with E-state index in [1.54, 1.807) is 6.07 Å². The van der Waals surface area contributed by atoms with E-state index in [0.717, 1.165) is 18.4 Å². The summed E-state index contributed by atoms with van der Waals surface area (Å²) in [6, 6.07) is 5.48. The van der Waals surface area contributed by atoms with Crippen LogP contribution in [-0.2, 0) is 0 Å². The van der Waals surface area contributed by atoms with Gasteiger partial charge in [-0.2, -0.15) is 0 Å². The first-order valence-corrected chi connectivity index (χ1v) is 6.19. The Kier molecular flexibility index (Phi) is 3.09. The lowest BCUT2D eigenvalue weighted by Gasteiger charge is -2.25. The van der Waals surface area contributed by atoms with Crippen molar-refractivity contribution in [1.29, 1.82) is 0 Å². The molecule has 0 radical (unpaired) electrons. The van der Waals surface area contributed by atoms with E-state index in [1.165, 1.54) is 12.8 Å². The average molecular weight is 232 g/mol. The second kappa shape index (κ2) is 4.40. The molecule has 0 spiro atoms. The zero-order valence-corrected chi connectivity index (χ0v) is 10.5. The van der Waals surface area contributed by atoms with Gasteiger partial charge in [0.1, 0.15) is 0 Å². The molecule has 0 unspecified atom stereocenters. The van der Waals surface area contributed by atoms with Crippen molar-refractivity contribution in [2.24, 2.45) is 0 Å². The fourth-order valence-corrected chi connectivity index (χ4v) is 2.41. The van der Waals surface area contributed by atoms with Crippen LogP contribution in [0.5, 0.6) is 0 Å². The highest BCUT2D eigenvalue weighted by Crippen LogP contribution is 2.29. The lowest BCUT2D eigenvalue weighted by Crippen LogP contribution is -2.43. The molecule has 0 saturated heterocycles. The number of nitrogens with two attached hydrogens (primary N) is 1. The van der Waals surface area contributed by atoms with Gasteiger partial charge in [0.05, 0.1) is 0 Å². The highest BCUT2D eigenvalue weighted by molar-refractivity contribution is 5.95. The van der Waals surface area contributed by atoms with Crippen LogP contribution in [0, 0.1) is 6.92 Å². The topological polar surface area (TPSA) is 55.1 Å². The Labute approximate surface area is 102 Å². The summed E-state index contributed by atoms with van der Waals surface area (Å²) in [6.07, 6.45) is 4.54. The highest BCUT2D eigenvalue weighted by Gasteiger charge is 2.30. The van der Waals surface area contributed by atoms with Gasteiger partial charge in [-0.05, 0) is 44.4 Å². The van der Waals surface area contributed by atoms with E-state index >= 15 is 0 Å². The molecule has 0 atom stereocenters. The quantitative estimate of drug-likeness (QED) is 0.770. The number of hydrogen-bond acceptors (Lipinski definition) is 2. The molecule has 1 aromatic rings. The molecule has 92 valence electrons. The van der Waals surface area contributed by atoms with Crippen molar-refractivity contribution in [3.8, 4) is 0 Å². The van der Waals surface area contributed by atoms with Crippen molar-refractivity contribution in [2.75, 3.05) is 5.73 Å². The first-order chi connectivity index (χ1) is 8.00. The summed E-state index contributed by atoms with van der Waals surface area (Å²) < 4.78 is 0. The molecule has 2 rings (SSSR count). The summed E-state index contributed by atoms with van der Waals surface area (Å²) in [5.41, 5.74) is 8.13. The normalized spacial score (nSPS) is 18.0. The summed E-state index contributed by atoms with van der Waals surface area (Å²) in [5, 5.41) is 3.12. The van der Waals surface area contributed by atoms with E-state index in [-0.39, 0.29) is 11.4 Å². The third-order valence-corrected chi connectivity index (χ3v) is 3.66. The predicted molar refractivity (Wildman–Crippen MR) is 69.9 cm³/mol. The Morgan fingerprint density at radius 3 is 2.59 bits per heavy atom. The Morgan fingerprint density at radius 1 is 1.35 bits per heavy atom. The van der Waals surface area contributed by atoms with Gasteiger partial charge in [-0.25, -0.2) is 0 Å². The number of aryl methyl sites for hydroxylation is 1. The molecular formula is C14H20N2O. The third kappa shape index (κ3) is 2.60. The fourth-order valence-electron chi connectivity index (χ4n) is 2.41. The number of benzene rings is 1. The van der Waals surface area contributed by atoms with Crippen LogP contribution < -0.4 is 11.1 Å². The second-order valence-corrected chi connectivity index (χ2v) is 5.29. The van der Waals surface area contributed by atoms with Crippen LogP contribution in [0.1, 0.15) is 48.5 Å². The van der Waals surface area contributed by atoms with Crippen molar-refractivity contribution in [1.82, 2.24) is 5.32 Å². The van der Waals surface area contributed by atoms with Gasteiger partial charge in [0.2, 0.25) is 0 Å². The molecule has 1 saturated carbocycles. The molecule has 1 fully saturated rings. The van der Waals surface area contributed by atoms with Crippen LogP contribution in [0.4, 0.5) is 5.69 Å². The van der Waals surface area contributed by atoms with Crippen LogP contribution in [0.25, 0.3) is 0 Å². The zero-order chi connectivity index (χ0) is 12.5. The van der Waals surface area contributed by atoms with Crippen molar-refractivity contribution >= 4 is 11.6 Å². The van der Waals surface area contributed by atoms with Crippen molar-refractivity contribution in [3.63, 3.8) is 0 Å². The lowest BCUT2D eigenvalue weighted by atomic mass is 9.99. The lowest BCUT2D eigenvalue weighted by molar-refractivity contribution is 0.0908. The van der Waals surface area contributed by atoms with Gasteiger partial charge in [0, 0.05) is 16.8 Å². The molecule has 3 nitrogen and oxygen atoms in total. The summed E-state index contributed by atoms with van der Waals surface area (Å²) in [7, 11) is 0. The molecule has 1 aliphatic rings. The van der Waals surface area contributed by atoms with Crippen LogP contribution >= 0.6 is 0 Å². The van der Waals surface area contributed by atoms with Crippen LogP contribution in [0.15, 0.2) is 18.2 Å². The van der Waals surface area contributed by atoms with E-state index in [0.29, 0.717) is 11.3 Å². The standard InChI is InChI=1S/C14H20N2O/c1-10-5-6-11(9-12(10)15)13(17)16-14(2)7-3-4-8-14/h5-6,9H,3-4,7-8,15H2,1-2H3,(H,16,17). The van der Waals surface area contributed by atoms with E-state index in [9.17, 15) is 4.79 Å². The number of nitrogens with one attached hydrogen (secondary N) is 1. The zero-order valence-electron chi connectivity index (χ0n) is 10.5. The Balaban J connectivity index is 2.11. The smallest absolute Gasteiger partial charge is 0.251 e. The number of carbonyl (C=O) groups is 1. The molecule has 0 bridgehead atoms. The SMILES string of the molecule is Cc1ccc(C(=O)NC2(C)CCCC2)cc1N. The maximum atomic E-state index is 12.1. The van der Waals surface area contributed by atoms with E-state index < -0.39 is 0 Å². The highest BCUT2D eigenvalue weighted by atomic mass is 16.1. The van der Waals surface area contributed by atoms with Gasteiger partial charge in [-0.15, -0.1) is 0 Å². The first-order valence-electron chi connectivity index (χ1n) is 6.19. The molecule has 0 aliphatic heterocycles. The minimum atomic E-state index is -0.0310. The van der Waals surface area contributed by atoms with Crippen molar-refractivity contribution in [2.45, 2.75) is 45.1 Å². The summed E-state index contributed by atoms with van der Waals surface area (Å²) in [5.74, 6) is -0.0129. The minimum Gasteiger partial charge on any atom is -0.398 e. The molecule has 0 aromatic heterocycles. The minimum absolute atomic E-state index is 0.0129. The van der Waals surface area contributed by atoms with E-state index in [1.807, 2.05) is 19.1 Å². The molecule has 1 amide bonds. The number of nitrogen functional groups attached to an aromatic ring is 1. The van der Waals surface area contributed by atoms with E-state index in [4.69, 9.17) is 5.73 Å². The van der Waals surface area contributed by atoms with Crippen LogP contribution in [-0.4, -0.2) is 11.4 Å². The average Bonchev–Trinajstić information content (AvgIpc) is 2.69. The number of amides is 1. The van der Waals surface area contributed by atoms with Gasteiger partial charge in [-0.1, -0.05) is 18.9 Å². The van der Waals surface area contributed by atoms with Crippen molar-refractivity contribution < 1.29 is 4.79 Å². The molecule has 3 heteroatoms. The van der Waals surface area contributed by atoms with Crippen LogP contribution in [0.3, 0.4) is 0 Å². The molecule has 0 heterocycles. The molecule has 1 aromatic carbocycles. The van der Waals surface area contributed by atoms with Crippen molar-refractivity contribution in [3.05, 3.63) is 29.3 Å². The van der Waals surface area contributed by atoms with Gasteiger partial charge in [0.15, 0.2) is 0 Å². The summed E-state index contributed by atoms with van der Waals surface area (Å²) in [4.78, 5) is 12.1. The Bertz CT molecular complexity index is 434. The third-order valence-electron chi connectivity index (χ3n) is 3.66. The van der Waals surface area contributed by atoms with Gasteiger partial charge in [-0.3, -0.25) is 4.79 Å². The van der Waals surface area contributed by atoms with Crippen LogP contribution in [0.2, 0.25) is 0 Å². The maximum absolute atomic E-state index is 12.1. The molecule has 17 heavy (non-hydrogen) atoms. The summed E-state index contributed by atoms with van der Waals surface area (Å²) >= 11 is 0. The largest absolute Gasteiger partial charge is 0.398 e. The summed E-state index contributed by atoms with van der Waals surface area (Å²) in [6.45, 7) is 4.06. The maximum Gasteiger partial charge on any atom is 0.251 e. The second-order valence-electron chi connectivity index (χ2n) is 5.29. The molecule has 3 N–H and O–H groups in total. The fraction of sp³-hybridized carbons (Fsp3) is 0.500. The van der Waals surface area contributed by atoms with E-state index in [2.05, 4.69) is 12.2 Å². The Hall–Kier alpha value is -1.51. The molecule has 1 aliphatic carbocycles. The monoisotopic (exact) mass is 232 g/mol. The number of hydrogen-bond donors (Lipinski definition) is 2. The van der Waals surface area contributed by atoms with Gasteiger partial charge < -0.3 is 11.1 Å². The van der Waals surface area contributed by atoms with Gasteiger partial charge in [0.25, 0.3) is 5.91 Å². The predicted octanol–water partition coefficient (Wildman–Crippen LogP) is 2.64. The molecular weight excluding hydrogens is 212 g/mol. The Morgan fingerprint density at radius 2 is 2.00 bits per heavy atom.